The van der Waals surface area contributed by atoms with E-state index >= 15 is 0 Å². The van der Waals surface area contributed by atoms with E-state index in [2.05, 4.69) is 25.1 Å². The second-order valence-electron chi connectivity index (χ2n) is 9.38. The largest absolute Gasteiger partial charge is 0.468 e. The van der Waals surface area contributed by atoms with Crippen molar-refractivity contribution < 1.29 is 27.5 Å². The number of carbonyl (C=O) groups excluding carboxylic acids is 2. The van der Waals surface area contributed by atoms with Crippen LogP contribution >= 0.6 is 0 Å². The van der Waals surface area contributed by atoms with Crippen molar-refractivity contribution in [2.75, 3.05) is 32.8 Å². The molecular formula is C23H21F3N6O3. The maximum Gasteiger partial charge on any atom is 0.422 e. The zero-order valence-corrected chi connectivity index (χ0v) is 18.4. The fraction of sp³-hybridized carbons (Fsp3) is 0.435. The van der Waals surface area contributed by atoms with Crippen molar-refractivity contribution in [1.29, 1.82) is 0 Å². The lowest BCUT2D eigenvalue weighted by atomic mass is 9.60. The zero-order chi connectivity index (χ0) is 24.3. The molecule has 1 saturated carbocycles. The monoisotopic (exact) mass is 486 g/mol. The molecule has 4 heterocycles. The van der Waals surface area contributed by atoms with Gasteiger partial charge >= 0.3 is 6.18 Å². The van der Waals surface area contributed by atoms with Gasteiger partial charge in [-0.3, -0.25) is 14.7 Å². The molecule has 1 aromatic carbocycles. The normalized spacial score (nSPS) is 25.3. The summed E-state index contributed by atoms with van der Waals surface area (Å²) in [5.74, 6) is 0.664. The van der Waals surface area contributed by atoms with E-state index in [1.165, 1.54) is 18.2 Å². The van der Waals surface area contributed by atoms with E-state index in [4.69, 9.17) is 0 Å². The van der Waals surface area contributed by atoms with Crippen molar-refractivity contribution >= 4 is 22.8 Å². The van der Waals surface area contributed by atoms with Crippen LogP contribution in [0.1, 0.15) is 20.8 Å². The summed E-state index contributed by atoms with van der Waals surface area (Å²) in [5.41, 5.74) is 2.06. The second kappa shape index (κ2) is 7.92. The van der Waals surface area contributed by atoms with Crippen molar-refractivity contribution in [3.8, 4) is 5.88 Å². The number of carbonyl (C=O) groups is 2. The number of benzene rings is 1. The fourth-order valence-electron chi connectivity index (χ4n) is 5.80. The number of ether oxygens (including phenoxy) is 1. The predicted molar refractivity (Wildman–Crippen MR) is 115 cm³/mol. The Labute approximate surface area is 197 Å². The number of amides is 2. The van der Waals surface area contributed by atoms with Crippen LogP contribution in [0.5, 0.6) is 5.88 Å². The molecule has 0 radical (unpaired) electrons. The minimum Gasteiger partial charge on any atom is -0.468 e. The van der Waals surface area contributed by atoms with Gasteiger partial charge in [0.05, 0.1) is 5.52 Å². The number of rotatable bonds is 4. The first-order chi connectivity index (χ1) is 16.8. The number of pyridine rings is 1. The van der Waals surface area contributed by atoms with Gasteiger partial charge in [0.25, 0.3) is 11.8 Å². The number of nitrogens with one attached hydrogen (secondary N) is 1. The van der Waals surface area contributed by atoms with Crippen LogP contribution in [-0.2, 0) is 0 Å². The maximum absolute atomic E-state index is 13.1. The van der Waals surface area contributed by atoms with Gasteiger partial charge in [-0.2, -0.15) is 13.2 Å². The van der Waals surface area contributed by atoms with Gasteiger partial charge in [0, 0.05) is 37.8 Å². The van der Waals surface area contributed by atoms with E-state index in [0.717, 1.165) is 5.52 Å². The molecule has 2 aliphatic heterocycles. The Morgan fingerprint density at radius 2 is 1.63 bits per heavy atom. The molecule has 182 valence electrons. The molecule has 6 rings (SSSR count). The summed E-state index contributed by atoms with van der Waals surface area (Å²) in [7, 11) is 0. The van der Waals surface area contributed by atoms with Crippen LogP contribution < -0.4 is 4.74 Å². The topological polar surface area (TPSA) is 104 Å². The summed E-state index contributed by atoms with van der Waals surface area (Å²) in [6.07, 6.45) is -4.48. The van der Waals surface area contributed by atoms with Gasteiger partial charge in [0.2, 0.25) is 5.88 Å². The van der Waals surface area contributed by atoms with E-state index in [1.807, 2.05) is 4.90 Å². The minimum atomic E-state index is -4.48. The summed E-state index contributed by atoms with van der Waals surface area (Å²) in [5, 5.41) is 10.5. The molecular weight excluding hydrogens is 465 g/mol. The number of nitrogens with zero attached hydrogens (tertiary/aromatic N) is 5. The van der Waals surface area contributed by atoms with Crippen LogP contribution in [0.3, 0.4) is 0 Å². The van der Waals surface area contributed by atoms with Gasteiger partial charge in [-0.25, -0.2) is 4.98 Å². The number of fused-ring (bicyclic) bond motifs is 5. The fourth-order valence-corrected chi connectivity index (χ4v) is 5.80. The van der Waals surface area contributed by atoms with E-state index in [-0.39, 0.29) is 23.4 Å². The van der Waals surface area contributed by atoms with Crippen LogP contribution in [0.25, 0.3) is 11.0 Å². The summed E-state index contributed by atoms with van der Waals surface area (Å²) in [6.45, 7) is 0.918. The van der Waals surface area contributed by atoms with Crippen molar-refractivity contribution in [2.24, 2.45) is 23.7 Å². The molecule has 1 N–H and O–H groups in total. The van der Waals surface area contributed by atoms with Crippen molar-refractivity contribution in [1.82, 2.24) is 30.2 Å². The third-order valence-corrected chi connectivity index (χ3v) is 7.40. The molecule has 4 atom stereocenters. The Hall–Kier alpha value is -3.70. The Balaban J connectivity index is 1.09. The highest BCUT2D eigenvalue weighted by molar-refractivity contribution is 5.97. The molecule has 1 aliphatic carbocycles. The number of aromatic nitrogens is 4. The number of hydrogen-bond acceptors (Lipinski definition) is 6. The predicted octanol–water partition coefficient (Wildman–Crippen LogP) is 2.38. The number of aromatic amines is 1. The average Bonchev–Trinajstić information content (AvgIpc) is 3.55. The van der Waals surface area contributed by atoms with E-state index in [0.29, 0.717) is 60.9 Å². The quantitative estimate of drug-likeness (QED) is 0.607. The van der Waals surface area contributed by atoms with E-state index in [1.54, 1.807) is 23.1 Å². The second-order valence-corrected chi connectivity index (χ2v) is 9.38. The molecule has 35 heavy (non-hydrogen) atoms. The van der Waals surface area contributed by atoms with Gasteiger partial charge in [-0.05, 0) is 47.9 Å². The maximum atomic E-state index is 13.1. The molecule has 0 spiro atoms. The average molecular weight is 486 g/mol. The first-order valence-electron chi connectivity index (χ1n) is 11.3. The standard InChI is InChI=1S/C23H21F3N6O3/c24-23(25,26)11-35-20-3-1-2-18(27-20)22(34)32-9-15-13-7-31(8-14(13)16(15)10-32)21(33)12-4-5-17-19(6-12)29-30-28-17/h1-6,13-16H,7-11H2,(H,28,29,30)/t13-,14+,15+,16-. The van der Waals surface area contributed by atoms with Crippen LogP contribution in [0.2, 0.25) is 0 Å². The highest BCUT2D eigenvalue weighted by Gasteiger charge is 2.59. The van der Waals surface area contributed by atoms with Gasteiger partial charge in [-0.15, -0.1) is 5.10 Å². The number of halogens is 3. The first-order valence-corrected chi connectivity index (χ1v) is 11.3. The lowest BCUT2D eigenvalue weighted by Gasteiger charge is -2.42. The lowest BCUT2D eigenvalue weighted by molar-refractivity contribution is -0.154. The molecule has 0 bridgehead atoms. The molecule has 9 nitrogen and oxygen atoms in total. The number of alkyl halides is 3. The van der Waals surface area contributed by atoms with E-state index in [9.17, 15) is 22.8 Å². The van der Waals surface area contributed by atoms with Gasteiger partial charge in [-0.1, -0.05) is 11.3 Å². The Kier molecular flexibility index (Phi) is 4.94. The van der Waals surface area contributed by atoms with Crippen molar-refractivity contribution in [3.05, 3.63) is 47.7 Å². The van der Waals surface area contributed by atoms with Crippen LogP contribution in [-0.4, -0.2) is 81.0 Å². The lowest BCUT2D eigenvalue weighted by Crippen LogP contribution is -2.44. The third-order valence-electron chi connectivity index (χ3n) is 7.40. The summed E-state index contributed by atoms with van der Waals surface area (Å²) >= 11 is 0. The smallest absolute Gasteiger partial charge is 0.422 e. The van der Waals surface area contributed by atoms with Gasteiger partial charge < -0.3 is 14.5 Å². The third kappa shape index (κ3) is 3.86. The molecule has 3 aliphatic rings. The van der Waals surface area contributed by atoms with E-state index < -0.39 is 12.8 Å². The molecule has 2 amide bonds. The SMILES string of the molecule is O=C(c1ccc2[nH]nnc2c1)N1C[C@@H]2[C@H](C1)[C@H]1CN(C(=O)c3cccc(OCC(F)(F)F)n3)C[C@@H]21. The Bertz CT molecular complexity index is 1290. The highest BCUT2D eigenvalue weighted by atomic mass is 19.4. The Morgan fingerprint density at radius 3 is 2.29 bits per heavy atom. The van der Waals surface area contributed by atoms with Crippen molar-refractivity contribution in [3.63, 3.8) is 0 Å². The van der Waals surface area contributed by atoms with Crippen molar-refractivity contribution in [2.45, 2.75) is 6.18 Å². The molecule has 2 saturated heterocycles. The van der Waals surface area contributed by atoms with Gasteiger partial charge in [0.1, 0.15) is 11.2 Å². The van der Waals surface area contributed by atoms with Crippen LogP contribution in [0, 0.1) is 23.7 Å². The molecule has 2 aromatic heterocycles. The summed E-state index contributed by atoms with van der Waals surface area (Å²) in [4.78, 5) is 33.6. The van der Waals surface area contributed by atoms with Gasteiger partial charge in [0.15, 0.2) is 6.61 Å². The number of hydrogen-bond donors (Lipinski definition) is 1. The molecule has 0 unspecified atom stereocenters. The summed E-state index contributed by atoms with van der Waals surface area (Å²) in [6, 6.07) is 9.55. The minimum absolute atomic E-state index is 0.0322. The molecule has 3 fully saturated rings. The highest BCUT2D eigenvalue weighted by Crippen LogP contribution is 2.54. The number of likely N-dealkylation sites (tertiary alicyclic amines) is 2. The zero-order valence-electron chi connectivity index (χ0n) is 18.4. The Morgan fingerprint density at radius 1 is 0.971 bits per heavy atom. The summed E-state index contributed by atoms with van der Waals surface area (Å²) < 4.78 is 41.9. The number of H-pyrrole nitrogens is 1. The molecule has 3 aromatic rings. The van der Waals surface area contributed by atoms with Crippen LogP contribution in [0.15, 0.2) is 36.4 Å². The first kappa shape index (κ1) is 21.8. The molecule has 12 heteroatoms. The van der Waals surface area contributed by atoms with Crippen LogP contribution in [0.4, 0.5) is 13.2 Å².